The number of nitrogens with zero attached hydrogens (tertiary/aromatic N) is 1. The first kappa shape index (κ1) is 20.2. The number of benzene rings is 1. The Hall–Kier alpha value is -2.57. The van der Waals surface area contributed by atoms with Crippen LogP contribution in [0.25, 0.3) is 0 Å². The summed E-state index contributed by atoms with van der Waals surface area (Å²) in [6, 6.07) is 6.67. The summed E-state index contributed by atoms with van der Waals surface area (Å²) in [5.41, 5.74) is -0.0870. The molecule has 28 heavy (non-hydrogen) atoms. The van der Waals surface area contributed by atoms with Crippen molar-refractivity contribution in [3.05, 3.63) is 35.4 Å². The number of rotatable bonds is 4. The van der Waals surface area contributed by atoms with Crippen LogP contribution < -0.4 is 5.32 Å². The molecule has 2 bridgehead atoms. The minimum Gasteiger partial charge on any atom is -0.465 e. The molecule has 4 rings (SSSR count). The second-order valence-corrected chi connectivity index (χ2v) is 8.71. The molecule has 3 aliphatic rings. The van der Waals surface area contributed by atoms with Gasteiger partial charge in [0.05, 0.1) is 18.7 Å². The van der Waals surface area contributed by atoms with Gasteiger partial charge in [0.25, 0.3) is 0 Å². The van der Waals surface area contributed by atoms with E-state index in [0.29, 0.717) is 30.9 Å². The number of amides is 2. The van der Waals surface area contributed by atoms with Gasteiger partial charge in [0.15, 0.2) is 0 Å². The predicted octanol–water partition coefficient (Wildman–Crippen LogP) is 3.05. The van der Waals surface area contributed by atoms with Gasteiger partial charge in [-0.1, -0.05) is 12.1 Å². The van der Waals surface area contributed by atoms with Crippen LogP contribution in [0.1, 0.15) is 62.5 Å². The van der Waals surface area contributed by atoms with E-state index in [4.69, 9.17) is 9.47 Å². The molecule has 1 N–H and O–H groups in total. The molecule has 0 aromatic heterocycles. The van der Waals surface area contributed by atoms with Gasteiger partial charge in [0, 0.05) is 6.54 Å². The summed E-state index contributed by atoms with van der Waals surface area (Å²) >= 11 is 0. The van der Waals surface area contributed by atoms with Gasteiger partial charge >= 0.3 is 12.1 Å². The van der Waals surface area contributed by atoms with Crippen LogP contribution in [-0.2, 0) is 14.3 Å². The van der Waals surface area contributed by atoms with E-state index >= 15 is 0 Å². The zero-order chi connectivity index (χ0) is 20.7. The van der Waals surface area contributed by atoms with E-state index in [1.807, 2.05) is 27.7 Å². The Morgan fingerprint density at radius 3 is 2.32 bits per heavy atom. The number of nitrogens with one attached hydrogen (secondary N) is 1. The summed E-state index contributed by atoms with van der Waals surface area (Å²) in [4.78, 5) is 38.8. The Labute approximate surface area is 165 Å². The van der Waals surface area contributed by atoms with Gasteiger partial charge in [-0.3, -0.25) is 9.69 Å². The van der Waals surface area contributed by atoms with Crippen molar-refractivity contribution in [1.29, 1.82) is 0 Å². The van der Waals surface area contributed by atoms with Crippen LogP contribution in [0.3, 0.4) is 0 Å². The van der Waals surface area contributed by atoms with Crippen molar-refractivity contribution >= 4 is 18.0 Å². The van der Waals surface area contributed by atoms with Crippen LogP contribution in [0.4, 0.5) is 4.79 Å². The standard InChI is InChI=1S/C21H28N2O5/c1-13(15-6-8-16(9-7-15)17(24)27-5)22-18(25)21-10-14(11-21)12-23(21)19(26)28-20(2,3)4/h6-9,13-14H,10-12H2,1-5H3,(H,22,25)/t13-,14?,21?/m0/s1. The average molecular weight is 388 g/mol. The largest absolute Gasteiger partial charge is 0.465 e. The number of carbonyl (C=O) groups is 3. The van der Waals surface area contributed by atoms with E-state index in [2.05, 4.69) is 5.32 Å². The molecule has 2 aliphatic heterocycles. The van der Waals surface area contributed by atoms with E-state index in [9.17, 15) is 14.4 Å². The molecule has 0 radical (unpaired) electrons. The third kappa shape index (κ3) is 3.70. The fourth-order valence-corrected chi connectivity index (χ4v) is 3.99. The van der Waals surface area contributed by atoms with Gasteiger partial charge in [0.1, 0.15) is 11.1 Å². The highest BCUT2D eigenvalue weighted by Gasteiger charge is 2.63. The number of carbonyl (C=O) groups excluding carboxylic acids is 3. The monoisotopic (exact) mass is 388 g/mol. The van der Waals surface area contributed by atoms with Crippen molar-refractivity contribution in [3.63, 3.8) is 0 Å². The second-order valence-electron chi connectivity index (χ2n) is 8.71. The van der Waals surface area contributed by atoms with Gasteiger partial charge < -0.3 is 14.8 Å². The number of esters is 1. The molecule has 1 aromatic carbocycles. The molecule has 1 aliphatic carbocycles. The topological polar surface area (TPSA) is 84.9 Å². The molecule has 152 valence electrons. The van der Waals surface area contributed by atoms with E-state index in [1.165, 1.54) is 7.11 Å². The molecule has 1 saturated carbocycles. The highest BCUT2D eigenvalue weighted by Crippen LogP contribution is 2.51. The number of methoxy groups -OCH3 is 1. The summed E-state index contributed by atoms with van der Waals surface area (Å²) in [6.45, 7) is 7.89. The van der Waals surface area contributed by atoms with Crippen molar-refractivity contribution < 1.29 is 23.9 Å². The maximum absolute atomic E-state index is 13.1. The summed E-state index contributed by atoms with van der Waals surface area (Å²) < 4.78 is 10.2. The van der Waals surface area contributed by atoms with Crippen LogP contribution in [0.5, 0.6) is 0 Å². The fourth-order valence-electron chi connectivity index (χ4n) is 3.99. The molecular formula is C21H28N2O5. The van der Waals surface area contributed by atoms with E-state index in [0.717, 1.165) is 5.56 Å². The molecule has 1 atom stereocenters. The fraction of sp³-hybridized carbons (Fsp3) is 0.571. The maximum atomic E-state index is 13.1. The van der Waals surface area contributed by atoms with Crippen LogP contribution in [0.15, 0.2) is 24.3 Å². The molecule has 0 unspecified atom stereocenters. The molecule has 3 fully saturated rings. The summed E-state index contributed by atoms with van der Waals surface area (Å²) in [5.74, 6) is -0.203. The molecule has 1 aromatic rings. The Balaban J connectivity index is 1.68. The first-order chi connectivity index (χ1) is 13.1. The maximum Gasteiger partial charge on any atom is 0.411 e. The predicted molar refractivity (Wildman–Crippen MR) is 103 cm³/mol. The first-order valence-electron chi connectivity index (χ1n) is 9.55. The van der Waals surface area contributed by atoms with E-state index < -0.39 is 23.2 Å². The van der Waals surface area contributed by atoms with Crippen molar-refractivity contribution in [1.82, 2.24) is 10.2 Å². The molecule has 2 saturated heterocycles. The number of ether oxygens (including phenoxy) is 2. The zero-order valence-corrected chi connectivity index (χ0v) is 17.1. The van der Waals surface area contributed by atoms with Crippen LogP contribution in [0, 0.1) is 5.92 Å². The van der Waals surface area contributed by atoms with E-state index in [-0.39, 0.29) is 11.9 Å². The molecular weight excluding hydrogens is 360 g/mol. The van der Waals surface area contributed by atoms with Crippen LogP contribution in [0.2, 0.25) is 0 Å². The zero-order valence-electron chi connectivity index (χ0n) is 17.1. The Kier molecular flexibility index (Phi) is 5.12. The molecule has 2 amide bonds. The summed E-state index contributed by atoms with van der Waals surface area (Å²) in [7, 11) is 1.34. The quantitative estimate of drug-likeness (QED) is 0.802. The lowest BCUT2D eigenvalue weighted by atomic mass is 9.72. The Morgan fingerprint density at radius 2 is 1.79 bits per heavy atom. The van der Waals surface area contributed by atoms with Crippen molar-refractivity contribution in [2.24, 2.45) is 5.92 Å². The van der Waals surface area contributed by atoms with Gasteiger partial charge in [0.2, 0.25) is 5.91 Å². The normalized spacial score (nSPS) is 24.2. The van der Waals surface area contributed by atoms with Crippen LogP contribution in [-0.4, -0.2) is 47.7 Å². The minimum atomic E-state index is -0.812. The minimum absolute atomic E-state index is 0.156. The summed E-state index contributed by atoms with van der Waals surface area (Å²) in [5, 5.41) is 3.02. The third-order valence-electron chi connectivity index (χ3n) is 5.43. The number of hydrogen-bond donors (Lipinski definition) is 1. The average Bonchev–Trinajstić information content (AvgIpc) is 3.16. The van der Waals surface area contributed by atoms with Crippen molar-refractivity contribution in [2.75, 3.05) is 13.7 Å². The molecule has 0 spiro atoms. The van der Waals surface area contributed by atoms with Gasteiger partial charge in [-0.15, -0.1) is 0 Å². The highest BCUT2D eigenvalue weighted by molar-refractivity contribution is 5.93. The van der Waals surface area contributed by atoms with E-state index in [1.54, 1.807) is 29.2 Å². The number of fused-ring (bicyclic) bond motifs is 1. The Morgan fingerprint density at radius 1 is 1.18 bits per heavy atom. The van der Waals surface area contributed by atoms with Crippen LogP contribution >= 0.6 is 0 Å². The van der Waals surface area contributed by atoms with Crippen molar-refractivity contribution in [3.8, 4) is 0 Å². The van der Waals surface area contributed by atoms with Crippen molar-refractivity contribution in [2.45, 2.75) is 57.7 Å². The van der Waals surface area contributed by atoms with Gasteiger partial charge in [-0.25, -0.2) is 9.59 Å². The SMILES string of the molecule is COC(=O)c1ccc([C@H](C)NC(=O)C23CC(CN2C(=O)OC(C)(C)C)C3)cc1. The summed E-state index contributed by atoms with van der Waals surface area (Å²) in [6.07, 6.45) is 0.913. The molecule has 7 nitrogen and oxygen atoms in total. The van der Waals surface area contributed by atoms with Gasteiger partial charge in [-0.05, 0) is 64.2 Å². The highest BCUT2D eigenvalue weighted by atomic mass is 16.6. The number of hydrogen-bond acceptors (Lipinski definition) is 5. The van der Waals surface area contributed by atoms with Gasteiger partial charge in [-0.2, -0.15) is 0 Å². The Bertz CT molecular complexity index is 775. The molecule has 2 heterocycles. The third-order valence-corrected chi connectivity index (χ3v) is 5.43. The first-order valence-corrected chi connectivity index (χ1v) is 9.55. The second kappa shape index (κ2) is 7.11. The lowest BCUT2D eigenvalue weighted by Crippen LogP contribution is -2.59. The lowest BCUT2D eigenvalue weighted by Gasteiger charge is -2.41. The molecule has 7 heteroatoms. The smallest absolute Gasteiger partial charge is 0.411 e. The lowest BCUT2D eigenvalue weighted by molar-refractivity contribution is -0.135.